The Morgan fingerprint density at radius 2 is 2.29 bits per heavy atom. The summed E-state index contributed by atoms with van der Waals surface area (Å²) < 4.78 is 0. The largest absolute Gasteiger partial charge is 0.318 e. The highest BCUT2D eigenvalue weighted by Crippen LogP contribution is 2.37. The number of benzene rings is 1. The van der Waals surface area contributed by atoms with Gasteiger partial charge in [-0.2, -0.15) is 0 Å². The molecule has 1 aliphatic heterocycles. The molecule has 1 aromatic carbocycles. The van der Waals surface area contributed by atoms with Crippen LogP contribution in [0.25, 0.3) is 0 Å². The van der Waals surface area contributed by atoms with E-state index in [1.54, 1.807) is 0 Å². The summed E-state index contributed by atoms with van der Waals surface area (Å²) in [5.74, 6) is 0. The monoisotopic (exact) mass is 301 g/mol. The summed E-state index contributed by atoms with van der Waals surface area (Å²) in [6.45, 7) is 8.56. The summed E-state index contributed by atoms with van der Waals surface area (Å²) in [5, 5.41) is 4.58. The van der Waals surface area contributed by atoms with Gasteiger partial charge in [-0.3, -0.25) is 0 Å². The van der Waals surface area contributed by atoms with Crippen molar-refractivity contribution in [1.29, 1.82) is 0 Å². The summed E-state index contributed by atoms with van der Waals surface area (Å²) >= 11 is 1.81. The fraction of sp³-hybridized carbons (Fsp3) is 0.471. The number of anilines is 2. The van der Waals surface area contributed by atoms with Gasteiger partial charge in [-0.25, -0.2) is 4.98 Å². The molecule has 112 valence electrons. The normalized spacial score (nSPS) is 15.9. The maximum Gasteiger partial charge on any atom is 0.190 e. The smallest absolute Gasteiger partial charge is 0.190 e. The zero-order valence-corrected chi connectivity index (χ0v) is 13.8. The Labute approximate surface area is 131 Å². The molecule has 3 rings (SSSR count). The number of aromatic nitrogens is 1. The molecule has 0 spiro atoms. The van der Waals surface area contributed by atoms with Gasteiger partial charge in [-0.15, -0.1) is 0 Å². The fourth-order valence-corrected chi connectivity index (χ4v) is 3.91. The molecule has 4 heteroatoms. The standard InChI is InChI=1S/C17H23N3S/c1-4-18-13(3)16-11-19-17(21-16)20-9-5-6-14-10-12(2)7-8-15(14)20/h7-8,10-11,13,18H,4-6,9H2,1-3H3. The third-order valence-corrected chi connectivity index (χ3v) is 5.24. The Morgan fingerprint density at radius 1 is 1.43 bits per heavy atom. The topological polar surface area (TPSA) is 28.2 Å². The molecular formula is C17H23N3S. The van der Waals surface area contributed by atoms with Gasteiger partial charge in [0.1, 0.15) is 0 Å². The average Bonchev–Trinajstić information content (AvgIpc) is 2.96. The second-order valence-corrected chi connectivity index (χ2v) is 6.75. The fourth-order valence-electron chi connectivity index (χ4n) is 2.93. The molecule has 0 saturated carbocycles. The number of nitrogens with one attached hydrogen (secondary N) is 1. The molecule has 1 atom stereocenters. The van der Waals surface area contributed by atoms with Gasteiger partial charge >= 0.3 is 0 Å². The van der Waals surface area contributed by atoms with E-state index in [1.165, 1.54) is 34.5 Å². The quantitative estimate of drug-likeness (QED) is 0.917. The summed E-state index contributed by atoms with van der Waals surface area (Å²) in [7, 11) is 0. The molecule has 1 aliphatic rings. The van der Waals surface area contributed by atoms with E-state index in [-0.39, 0.29) is 0 Å². The number of hydrogen-bond acceptors (Lipinski definition) is 4. The molecule has 0 bridgehead atoms. The van der Waals surface area contributed by atoms with E-state index in [2.05, 4.69) is 54.2 Å². The minimum Gasteiger partial charge on any atom is -0.318 e. The molecule has 0 fully saturated rings. The van der Waals surface area contributed by atoms with Crippen molar-refractivity contribution in [2.75, 3.05) is 18.0 Å². The first kappa shape index (κ1) is 14.5. The number of hydrogen-bond donors (Lipinski definition) is 1. The predicted molar refractivity (Wildman–Crippen MR) is 90.7 cm³/mol. The van der Waals surface area contributed by atoms with Gasteiger partial charge < -0.3 is 10.2 Å². The van der Waals surface area contributed by atoms with Crippen LogP contribution >= 0.6 is 11.3 Å². The molecule has 1 unspecified atom stereocenters. The van der Waals surface area contributed by atoms with Gasteiger partial charge in [0.2, 0.25) is 0 Å². The van der Waals surface area contributed by atoms with Crippen LogP contribution in [0.1, 0.15) is 42.3 Å². The van der Waals surface area contributed by atoms with Gasteiger partial charge in [-0.1, -0.05) is 36.0 Å². The predicted octanol–water partition coefficient (Wildman–Crippen LogP) is 4.21. The van der Waals surface area contributed by atoms with Crippen molar-refractivity contribution in [2.45, 2.75) is 39.7 Å². The van der Waals surface area contributed by atoms with Crippen LogP contribution in [0, 0.1) is 6.92 Å². The summed E-state index contributed by atoms with van der Waals surface area (Å²) in [5.41, 5.74) is 4.14. The molecule has 0 radical (unpaired) electrons. The molecule has 1 aromatic heterocycles. The van der Waals surface area contributed by atoms with Gasteiger partial charge in [0, 0.05) is 29.3 Å². The minimum atomic E-state index is 0.378. The van der Waals surface area contributed by atoms with Gasteiger partial charge in [0.25, 0.3) is 0 Å². The van der Waals surface area contributed by atoms with E-state index < -0.39 is 0 Å². The Balaban J connectivity index is 1.89. The molecule has 2 heterocycles. The van der Waals surface area contributed by atoms with Crippen molar-refractivity contribution < 1.29 is 0 Å². The van der Waals surface area contributed by atoms with Crippen molar-refractivity contribution in [1.82, 2.24) is 10.3 Å². The second kappa shape index (κ2) is 6.16. The number of thiazole rings is 1. The lowest BCUT2D eigenvalue weighted by Crippen LogP contribution is -2.24. The minimum absolute atomic E-state index is 0.378. The Hall–Kier alpha value is -1.39. The van der Waals surface area contributed by atoms with Crippen molar-refractivity contribution in [3.8, 4) is 0 Å². The molecule has 0 amide bonds. The van der Waals surface area contributed by atoms with Gasteiger partial charge in [0.05, 0.1) is 0 Å². The highest BCUT2D eigenvalue weighted by atomic mass is 32.1. The van der Waals surface area contributed by atoms with E-state index in [9.17, 15) is 0 Å². The SMILES string of the molecule is CCNC(C)c1cnc(N2CCCc3cc(C)ccc32)s1. The van der Waals surface area contributed by atoms with E-state index in [0.717, 1.165) is 18.2 Å². The van der Waals surface area contributed by atoms with Crippen LogP contribution < -0.4 is 10.2 Å². The van der Waals surface area contributed by atoms with Crippen molar-refractivity contribution in [2.24, 2.45) is 0 Å². The number of rotatable bonds is 4. The first-order chi connectivity index (χ1) is 10.2. The first-order valence-corrected chi connectivity index (χ1v) is 8.57. The zero-order chi connectivity index (χ0) is 14.8. The Kier molecular flexibility index (Phi) is 4.27. The maximum absolute atomic E-state index is 4.67. The third-order valence-electron chi connectivity index (χ3n) is 4.03. The summed E-state index contributed by atoms with van der Waals surface area (Å²) in [6, 6.07) is 7.14. The summed E-state index contributed by atoms with van der Waals surface area (Å²) in [4.78, 5) is 8.36. The first-order valence-electron chi connectivity index (χ1n) is 7.75. The number of aryl methyl sites for hydroxylation is 2. The van der Waals surface area contributed by atoms with E-state index in [4.69, 9.17) is 0 Å². The van der Waals surface area contributed by atoms with Crippen LogP contribution in [-0.4, -0.2) is 18.1 Å². The zero-order valence-electron chi connectivity index (χ0n) is 13.0. The average molecular weight is 301 g/mol. The number of nitrogens with zero attached hydrogens (tertiary/aromatic N) is 2. The molecule has 0 aliphatic carbocycles. The highest BCUT2D eigenvalue weighted by Gasteiger charge is 2.21. The third kappa shape index (κ3) is 2.97. The molecule has 1 N–H and O–H groups in total. The Bertz CT molecular complexity index is 620. The van der Waals surface area contributed by atoms with Crippen molar-refractivity contribution in [3.05, 3.63) is 40.4 Å². The van der Waals surface area contributed by atoms with Gasteiger partial charge in [0.15, 0.2) is 5.13 Å². The summed E-state index contributed by atoms with van der Waals surface area (Å²) in [6.07, 6.45) is 4.41. The van der Waals surface area contributed by atoms with Crippen LogP contribution in [0.15, 0.2) is 24.4 Å². The van der Waals surface area contributed by atoms with Crippen LogP contribution in [-0.2, 0) is 6.42 Å². The highest BCUT2D eigenvalue weighted by molar-refractivity contribution is 7.15. The van der Waals surface area contributed by atoms with E-state index >= 15 is 0 Å². The molecule has 2 aromatic rings. The van der Waals surface area contributed by atoms with Crippen LogP contribution in [0.3, 0.4) is 0 Å². The lowest BCUT2D eigenvalue weighted by atomic mass is 10.0. The molecule has 0 saturated heterocycles. The van der Waals surface area contributed by atoms with E-state index in [1.807, 2.05) is 17.5 Å². The lowest BCUT2D eigenvalue weighted by molar-refractivity contribution is 0.606. The van der Waals surface area contributed by atoms with Crippen molar-refractivity contribution >= 4 is 22.2 Å². The van der Waals surface area contributed by atoms with Crippen LogP contribution in [0.4, 0.5) is 10.8 Å². The second-order valence-electron chi connectivity index (χ2n) is 5.71. The molecule has 21 heavy (non-hydrogen) atoms. The Morgan fingerprint density at radius 3 is 3.10 bits per heavy atom. The number of fused-ring (bicyclic) bond motifs is 1. The van der Waals surface area contributed by atoms with E-state index in [0.29, 0.717) is 6.04 Å². The molecular weight excluding hydrogens is 278 g/mol. The van der Waals surface area contributed by atoms with Crippen LogP contribution in [0.5, 0.6) is 0 Å². The molecule has 3 nitrogen and oxygen atoms in total. The van der Waals surface area contributed by atoms with Crippen molar-refractivity contribution in [3.63, 3.8) is 0 Å². The van der Waals surface area contributed by atoms with Crippen LogP contribution in [0.2, 0.25) is 0 Å². The maximum atomic E-state index is 4.67. The van der Waals surface area contributed by atoms with Gasteiger partial charge in [-0.05, 0) is 44.9 Å². The lowest BCUT2D eigenvalue weighted by Gasteiger charge is -2.29.